The van der Waals surface area contributed by atoms with E-state index in [2.05, 4.69) is 20.8 Å². The topological polar surface area (TPSA) is 92.2 Å². The van der Waals surface area contributed by atoms with Gasteiger partial charge < -0.3 is 15.3 Å². The molecule has 0 atom stereocenters. The van der Waals surface area contributed by atoms with E-state index in [1.54, 1.807) is 6.07 Å². The Balaban J connectivity index is 1.94. The van der Waals surface area contributed by atoms with Gasteiger partial charge in [0.05, 0.1) is 36.4 Å². The Morgan fingerprint density at radius 3 is 2.71 bits per heavy atom. The molecule has 0 unspecified atom stereocenters. The molecule has 11 heteroatoms. The zero-order chi connectivity index (χ0) is 22.4. The Hall–Kier alpha value is -2.38. The van der Waals surface area contributed by atoms with Gasteiger partial charge in [-0.25, -0.2) is 18.7 Å². The Morgan fingerprint density at radius 2 is 2.03 bits per heavy atom. The number of rotatable bonds is 10. The van der Waals surface area contributed by atoms with Crippen LogP contribution in [0.3, 0.4) is 0 Å². The fraction of sp³-hybridized carbons (Fsp3) is 0.300. The van der Waals surface area contributed by atoms with Crippen LogP contribution >= 0.6 is 22.6 Å². The standard InChI is InChI=1S/C20H19F3IN3O4/c21-15-8-13(24)3-4-16(15)26-19-14(20(29)27-31-10-11-1-2-11)7-12(17(22)18(19)23)9-25-30-6-5-28/h3-4,7-9,11,26,28H,1-2,5-6,10H2,(H,27,29). The lowest BCUT2D eigenvalue weighted by molar-refractivity contribution is 0.0270. The summed E-state index contributed by atoms with van der Waals surface area (Å²) in [4.78, 5) is 22.4. The summed E-state index contributed by atoms with van der Waals surface area (Å²) < 4.78 is 44.3. The van der Waals surface area contributed by atoms with Gasteiger partial charge in [-0.3, -0.25) is 9.63 Å². The van der Waals surface area contributed by atoms with Gasteiger partial charge >= 0.3 is 0 Å². The third-order valence-electron chi connectivity index (χ3n) is 4.30. The monoisotopic (exact) mass is 549 g/mol. The van der Waals surface area contributed by atoms with Crippen LogP contribution in [0, 0.1) is 26.9 Å². The molecular weight excluding hydrogens is 530 g/mol. The average Bonchev–Trinajstić information content (AvgIpc) is 3.56. The first-order chi connectivity index (χ1) is 14.9. The van der Waals surface area contributed by atoms with Crippen LogP contribution in [0.1, 0.15) is 28.8 Å². The Morgan fingerprint density at radius 1 is 1.26 bits per heavy atom. The number of oxime groups is 1. The van der Waals surface area contributed by atoms with E-state index in [1.165, 1.54) is 12.1 Å². The maximum atomic E-state index is 14.9. The first-order valence-electron chi connectivity index (χ1n) is 9.33. The molecule has 3 rings (SSSR count). The maximum Gasteiger partial charge on any atom is 0.277 e. The molecule has 0 heterocycles. The van der Waals surface area contributed by atoms with Gasteiger partial charge in [0.25, 0.3) is 5.91 Å². The highest BCUT2D eigenvalue weighted by Gasteiger charge is 2.25. The number of hydrogen-bond donors (Lipinski definition) is 3. The zero-order valence-electron chi connectivity index (χ0n) is 16.1. The van der Waals surface area contributed by atoms with Crippen molar-refractivity contribution in [3.8, 4) is 0 Å². The largest absolute Gasteiger partial charge is 0.393 e. The molecule has 1 fully saturated rings. The number of hydroxylamine groups is 1. The summed E-state index contributed by atoms with van der Waals surface area (Å²) in [5.74, 6) is -3.92. The van der Waals surface area contributed by atoms with Crippen molar-refractivity contribution in [2.75, 3.05) is 25.1 Å². The van der Waals surface area contributed by atoms with Gasteiger partial charge in [0.1, 0.15) is 12.4 Å². The molecule has 2 aromatic carbocycles. The van der Waals surface area contributed by atoms with Crippen molar-refractivity contribution in [3.05, 3.63) is 56.4 Å². The number of benzene rings is 2. The van der Waals surface area contributed by atoms with Gasteiger partial charge in [0.2, 0.25) is 0 Å². The fourth-order valence-electron chi connectivity index (χ4n) is 2.52. The van der Waals surface area contributed by atoms with E-state index in [4.69, 9.17) is 9.94 Å². The van der Waals surface area contributed by atoms with Crippen LogP contribution < -0.4 is 10.8 Å². The van der Waals surface area contributed by atoms with Crippen LogP contribution in [0.4, 0.5) is 24.5 Å². The zero-order valence-corrected chi connectivity index (χ0v) is 18.3. The summed E-state index contributed by atoms with van der Waals surface area (Å²) in [5, 5.41) is 14.6. The van der Waals surface area contributed by atoms with Crippen molar-refractivity contribution < 1.29 is 32.7 Å². The molecule has 1 aliphatic rings. The first kappa shape index (κ1) is 23.3. The van der Waals surface area contributed by atoms with Gasteiger partial charge in [-0.2, -0.15) is 0 Å². The molecule has 0 aliphatic heterocycles. The normalized spacial score (nSPS) is 13.5. The van der Waals surface area contributed by atoms with Crippen molar-refractivity contribution in [3.63, 3.8) is 0 Å². The predicted molar refractivity (Wildman–Crippen MR) is 116 cm³/mol. The number of carbonyl (C=O) groups is 1. The SMILES string of the molecule is O=C(NOCC1CC1)c1cc(C=NOCCO)c(F)c(F)c1Nc1ccc(I)cc1F. The van der Waals surface area contributed by atoms with Crippen LogP contribution in [0.5, 0.6) is 0 Å². The van der Waals surface area contributed by atoms with Crippen LogP contribution in [0.2, 0.25) is 0 Å². The summed E-state index contributed by atoms with van der Waals surface area (Å²) in [6.07, 6.45) is 2.86. The number of anilines is 2. The van der Waals surface area contributed by atoms with Crippen LogP contribution in [0.15, 0.2) is 29.4 Å². The molecule has 0 saturated heterocycles. The van der Waals surface area contributed by atoms with E-state index < -0.39 is 29.0 Å². The fourth-order valence-corrected chi connectivity index (χ4v) is 2.97. The molecule has 3 N–H and O–H groups in total. The minimum Gasteiger partial charge on any atom is -0.393 e. The minimum absolute atomic E-state index is 0.139. The second-order valence-electron chi connectivity index (χ2n) is 6.74. The summed E-state index contributed by atoms with van der Waals surface area (Å²) in [5.41, 5.74) is 0.801. The Kier molecular flexibility index (Phi) is 8.09. The smallest absolute Gasteiger partial charge is 0.277 e. The van der Waals surface area contributed by atoms with Gasteiger partial charge in [-0.15, -0.1) is 0 Å². The van der Waals surface area contributed by atoms with Gasteiger partial charge in [0.15, 0.2) is 11.6 Å². The second-order valence-corrected chi connectivity index (χ2v) is 7.99. The molecule has 1 saturated carbocycles. The molecule has 0 radical (unpaired) electrons. The predicted octanol–water partition coefficient (Wildman–Crippen LogP) is 3.87. The van der Waals surface area contributed by atoms with Crippen molar-refractivity contribution in [2.45, 2.75) is 12.8 Å². The lowest BCUT2D eigenvalue weighted by Gasteiger charge is -2.15. The van der Waals surface area contributed by atoms with Crippen molar-refractivity contribution in [1.82, 2.24) is 5.48 Å². The summed E-state index contributed by atoms with van der Waals surface area (Å²) in [7, 11) is 0. The van der Waals surface area contributed by atoms with Crippen LogP contribution in [-0.2, 0) is 9.68 Å². The molecule has 0 aromatic heterocycles. The molecule has 31 heavy (non-hydrogen) atoms. The number of aliphatic hydroxyl groups is 1. The summed E-state index contributed by atoms with van der Waals surface area (Å²) in [6, 6.07) is 5.15. The summed E-state index contributed by atoms with van der Waals surface area (Å²) >= 11 is 1.91. The first-order valence-corrected chi connectivity index (χ1v) is 10.4. The van der Waals surface area contributed by atoms with Gasteiger partial charge in [-0.05, 0) is 65.6 Å². The van der Waals surface area contributed by atoms with Gasteiger partial charge in [0, 0.05) is 9.13 Å². The van der Waals surface area contributed by atoms with Gasteiger partial charge in [-0.1, -0.05) is 5.16 Å². The quantitative estimate of drug-likeness (QED) is 0.181. The molecule has 0 spiro atoms. The average molecular weight is 549 g/mol. The highest BCUT2D eigenvalue weighted by Crippen LogP contribution is 2.31. The van der Waals surface area contributed by atoms with Crippen LogP contribution in [-0.4, -0.2) is 37.0 Å². The molecule has 7 nitrogen and oxygen atoms in total. The molecule has 1 aliphatic carbocycles. The molecule has 0 bridgehead atoms. The third kappa shape index (κ3) is 6.31. The number of nitrogens with one attached hydrogen (secondary N) is 2. The third-order valence-corrected chi connectivity index (χ3v) is 4.97. The van der Waals surface area contributed by atoms with Crippen molar-refractivity contribution in [1.29, 1.82) is 0 Å². The highest BCUT2D eigenvalue weighted by atomic mass is 127. The summed E-state index contributed by atoms with van der Waals surface area (Å²) in [6.45, 7) is -0.160. The lowest BCUT2D eigenvalue weighted by atomic mass is 10.1. The molecule has 1 amide bonds. The van der Waals surface area contributed by atoms with Crippen molar-refractivity contribution >= 4 is 46.1 Å². The number of halogens is 4. The van der Waals surface area contributed by atoms with E-state index in [1.807, 2.05) is 22.6 Å². The van der Waals surface area contributed by atoms with E-state index in [-0.39, 0.29) is 30.0 Å². The Labute approximate surface area is 189 Å². The van der Waals surface area contributed by atoms with E-state index in [0.29, 0.717) is 16.1 Å². The second kappa shape index (κ2) is 10.8. The lowest BCUT2D eigenvalue weighted by Crippen LogP contribution is -2.26. The van der Waals surface area contributed by atoms with Crippen molar-refractivity contribution in [2.24, 2.45) is 11.1 Å². The van der Waals surface area contributed by atoms with E-state index >= 15 is 0 Å². The van der Waals surface area contributed by atoms with E-state index in [0.717, 1.165) is 25.1 Å². The minimum atomic E-state index is -1.41. The number of nitrogens with zero attached hydrogens (tertiary/aromatic N) is 1. The molecular formula is C20H19F3IN3O4. The number of carbonyl (C=O) groups excluding carboxylic acids is 1. The van der Waals surface area contributed by atoms with E-state index in [9.17, 15) is 18.0 Å². The molecule has 2 aromatic rings. The number of aliphatic hydroxyl groups excluding tert-OH is 1. The highest BCUT2D eigenvalue weighted by molar-refractivity contribution is 14.1. The Bertz CT molecular complexity index is 987. The maximum absolute atomic E-state index is 14.9. The number of hydrogen-bond acceptors (Lipinski definition) is 6. The van der Waals surface area contributed by atoms with Crippen LogP contribution in [0.25, 0.3) is 0 Å². The molecule has 166 valence electrons. The number of amides is 1.